The lowest BCUT2D eigenvalue weighted by Crippen LogP contribution is -2.52. The van der Waals surface area contributed by atoms with Gasteiger partial charge < -0.3 is 16.0 Å². The highest BCUT2D eigenvalue weighted by atomic mass is 35.5. The molecule has 2 atom stereocenters. The van der Waals surface area contributed by atoms with Crippen molar-refractivity contribution < 1.29 is 4.79 Å². The maximum absolute atomic E-state index is 12.1. The van der Waals surface area contributed by atoms with Crippen LogP contribution in [-0.4, -0.2) is 36.5 Å². The van der Waals surface area contributed by atoms with Crippen molar-refractivity contribution in [3.8, 4) is 0 Å². The maximum Gasteiger partial charge on any atom is 0.239 e. The van der Waals surface area contributed by atoms with Crippen LogP contribution in [0.3, 0.4) is 0 Å². The molecule has 0 aliphatic carbocycles. The Morgan fingerprint density at radius 1 is 1.45 bits per heavy atom. The predicted octanol–water partition coefficient (Wildman–Crippen LogP) is 2.00. The molecular formula is C13H20Cl3N3O. The zero-order valence-corrected chi connectivity index (χ0v) is 13.6. The zero-order valence-electron chi connectivity index (χ0n) is 11.2. The van der Waals surface area contributed by atoms with Crippen molar-refractivity contribution >= 4 is 42.3 Å². The summed E-state index contributed by atoms with van der Waals surface area (Å²) in [6.45, 7) is 3.88. The number of hydrogen-bond acceptors (Lipinski definition) is 3. The first kappa shape index (κ1) is 19.5. The Labute approximate surface area is 136 Å². The molecule has 0 bridgehead atoms. The second-order valence-electron chi connectivity index (χ2n) is 4.56. The number of halogens is 3. The number of carbonyl (C=O) groups excluding carboxylic acids is 1. The predicted molar refractivity (Wildman–Crippen MR) is 86.9 cm³/mol. The van der Waals surface area contributed by atoms with Gasteiger partial charge in [-0.25, -0.2) is 0 Å². The summed E-state index contributed by atoms with van der Waals surface area (Å²) in [5, 5.41) is 3.98. The van der Waals surface area contributed by atoms with Crippen LogP contribution in [0.5, 0.6) is 0 Å². The van der Waals surface area contributed by atoms with Gasteiger partial charge in [-0.3, -0.25) is 4.79 Å². The van der Waals surface area contributed by atoms with Crippen molar-refractivity contribution in [2.45, 2.75) is 19.0 Å². The molecule has 3 N–H and O–H groups in total. The molecule has 1 fully saturated rings. The number of carbonyl (C=O) groups is 1. The van der Waals surface area contributed by atoms with Gasteiger partial charge in [-0.15, -0.1) is 24.8 Å². The molecule has 2 rings (SSSR count). The monoisotopic (exact) mass is 339 g/mol. The smallest absolute Gasteiger partial charge is 0.239 e. The highest BCUT2D eigenvalue weighted by Crippen LogP contribution is 2.28. The van der Waals surface area contributed by atoms with Crippen molar-refractivity contribution in [1.29, 1.82) is 0 Å². The fourth-order valence-corrected chi connectivity index (χ4v) is 2.51. The van der Waals surface area contributed by atoms with Crippen LogP contribution in [0.4, 0.5) is 0 Å². The van der Waals surface area contributed by atoms with Crippen LogP contribution in [-0.2, 0) is 4.79 Å². The summed E-state index contributed by atoms with van der Waals surface area (Å²) in [7, 11) is 0. The third-order valence-corrected chi connectivity index (χ3v) is 3.52. The van der Waals surface area contributed by atoms with E-state index in [0.29, 0.717) is 18.1 Å². The van der Waals surface area contributed by atoms with E-state index in [2.05, 4.69) is 5.32 Å². The molecule has 0 radical (unpaired) electrons. The molecule has 1 saturated heterocycles. The lowest BCUT2D eigenvalue weighted by Gasteiger charge is -2.37. The standard InChI is InChI=1S/C13H18ClN3O.2ClH/c1-9(15)13(18)17-7-6-16-8-12(17)10-4-2-3-5-11(10)14;;/h2-5,9,12,16H,6-8,15H2,1H3;2*1H/t9-,12?;;/m1../s1. The highest BCUT2D eigenvalue weighted by Gasteiger charge is 2.30. The Bertz CT molecular complexity index is 443. The summed E-state index contributed by atoms with van der Waals surface area (Å²) in [6.07, 6.45) is 0. The number of nitrogens with zero attached hydrogens (tertiary/aromatic N) is 1. The number of nitrogens with two attached hydrogens (primary N) is 1. The number of rotatable bonds is 2. The van der Waals surface area contributed by atoms with Gasteiger partial charge in [0.25, 0.3) is 0 Å². The van der Waals surface area contributed by atoms with Crippen molar-refractivity contribution in [1.82, 2.24) is 10.2 Å². The number of piperazine rings is 1. The molecule has 114 valence electrons. The van der Waals surface area contributed by atoms with Crippen molar-refractivity contribution in [3.05, 3.63) is 34.9 Å². The van der Waals surface area contributed by atoms with Gasteiger partial charge in [0.1, 0.15) is 0 Å². The quantitative estimate of drug-likeness (QED) is 0.866. The molecular weight excluding hydrogens is 321 g/mol. The average molecular weight is 341 g/mol. The topological polar surface area (TPSA) is 58.4 Å². The molecule has 1 aliphatic heterocycles. The highest BCUT2D eigenvalue weighted by molar-refractivity contribution is 6.31. The molecule has 20 heavy (non-hydrogen) atoms. The SMILES string of the molecule is C[C@@H](N)C(=O)N1CCNCC1c1ccccc1Cl.Cl.Cl. The molecule has 1 aromatic carbocycles. The van der Waals surface area contributed by atoms with Gasteiger partial charge in [0, 0.05) is 24.7 Å². The largest absolute Gasteiger partial charge is 0.332 e. The first-order chi connectivity index (χ1) is 8.61. The Hall–Kier alpha value is -0.520. The van der Waals surface area contributed by atoms with Gasteiger partial charge in [-0.1, -0.05) is 29.8 Å². The van der Waals surface area contributed by atoms with Crippen LogP contribution in [0.25, 0.3) is 0 Å². The summed E-state index contributed by atoms with van der Waals surface area (Å²) in [5.41, 5.74) is 6.67. The Morgan fingerprint density at radius 3 is 2.70 bits per heavy atom. The van der Waals surface area contributed by atoms with Crippen LogP contribution < -0.4 is 11.1 Å². The van der Waals surface area contributed by atoms with E-state index in [-0.39, 0.29) is 36.8 Å². The van der Waals surface area contributed by atoms with E-state index >= 15 is 0 Å². The first-order valence-electron chi connectivity index (χ1n) is 6.12. The molecule has 1 aromatic rings. The second kappa shape index (κ2) is 8.70. The molecule has 1 unspecified atom stereocenters. The third kappa shape index (κ3) is 4.24. The number of nitrogens with one attached hydrogen (secondary N) is 1. The van der Waals surface area contributed by atoms with Crippen LogP contribution in [0, 0.1) is 0 Å². The van der Waals surface area contributed by atoms with E-state index in [0.717, 1.165) is 12.1 Å². The van der Waals surface area contributed by atoms with Crippen molar-refractivity contribution in [2.24, 2.45) is 5.73 Å². The lowest BCUT2D eigenvalue weighted by atomic mass is 10.0. The van der Waals surface area contributed by atoms with E-state index in [1.165, 1.54) is 0 Å². The van der Waals surface area contributed by atoms with Crippen molar-refractivity contribution in [2.75, 3.05) is 19.6 Å². The van der Waals surface area contributed by atoms with Crippen molar-refractivity contribution in [3.63, 3.8) is 0 Å². The minimum absolute atomic E-state index is 0. The van der Waals surface area contributed by atoms with Gasteiger partial charge in [0.2, 0.25) is 5.91 Å². The molecule has 4 nitrogen and oxygen atoms in total. The van der Waals surface area contributed by atoms with E-state index in [1.54, 1.807) is 6.92 Å². The van der Waals surface area contributed by atoms with Crippen LogP contribution in [0.2, 0.25) is 5.02 Å². The molecule has 0 saturated carbocycles. The summed E-state index contributed by atoms with van der Waals surface area (Å²) in [5.74, 6) is -0.0265. The Balaban J connectivity index is 0.00000180. The first-order valence-corrected chi connectivity index (χ1v) is 6.50. The van der Waals surface area contributed by atoms with E-state index in [4.69, 9.17) is 17.3 Å². The third-order valence-electron chi connectivity index (χ3n) is 3.18. The minimum Gasteiger partial charge on any atom is -0.332 e. The van der Waals surface area contributed by atoms with E-state index < -0.39 is 6.04 Å². The Kier molecular flexibility index (Phi) is 8.47. The van der Waals surface area contributed by atoms with Gasteiger partial charge in [-0.05, 0) is 18.6 Å². The summed E-state index contributed by atoms with van der Waals surface area (Å²) < 4.78 is 0. The summed E-state index contributed by atoms with van der Waals surface area (Å²) in [4.78, 5) is 13.9. The normalized spacial score (nSPS) is 19.6. The minimum atomic E-state index is -0.479. The van der Waals surface area contributed by atoms with Gasteiger partial charge in [0.05, 0.1) is 12.1 Å². The van der Waals surface area contributed by atoms with Gasteiger partial charge in [0.15, 0.2) is 0 Å². The maximum atomic E-state index is 12.1. The summed E-state index contributed by atoms with van der Waals surface area (Å²) in [6, 6.07) is 7.12. The lowest BCUT2D eigenvalue weighted by molar-refractivity contribution is -0.135. The summed E-state index contributed by atoms with van der Waals surface area (Å²) >= 11 is 6.21. The number of benzene rings is 1. The average Bonchev–Trinajstić information content (AvgIpc) is 2.38. The van der Waals surface area contributed by atoms with Gasteiger partial charge >= 0.3 is 0 Å². The molecule has 1 aliphatic rings. The number of hydrogen-bond donors (Lipinski definition) is 2. The van der Waals surface area contributed by atoms with Crippen LogP contribution in [0.1, 0.15) is 18.5 Å². The number of amides is 1. The second-order valence-corrected chi connectivity index (χ2v) is 4.97. The fraction of sp³-hybridized carbons (Fsp3) is 0.462. The Morgan fingerprint density at radius 2 is 2.10 bits per heavy atom. The molecule has 0 aromatic heterocycles. The van der Waals surface area contributed by atoms with Gasteiger partial charge in [-0.2, -0.15) is 0 Å². The zero-order chi connectivity index (χ0) is 13.1. The molecule has 7 heteroatoms. The van der Waals surface area contributed by atoms with E-state index in [1.807, 2.05) is 29.2 Å². The fourth-order valence-electron chi connectivity index (χ4n) is 2.25. The van der Waals surface area contributed by atoms with Crippen LogP contribution in [0.15, 0.2) is 24.3 Å². The van der Waals surface area contributed by atoms with E-state index in [9.17, 15) is 4.79 Å². The molecule has 0 spiro atoms. The molecule has 1 heterocycles. The van der Waals surface area contributed by atoms with Crippen LogP contribution >= 0.6 is 36.4 Å². The molecule has 1 amide bonds.